The van der Waals surface area contributed by atoms with E-state index < -0.39 is 11.3 Å². The highest BCUT2D eigenvalue weighted by Gasteiger charge is 2.28. The van der Waals surface area contributed by atoms with Gasteiger partial charge in [-0.05, 0) is 25.1 Å². The molecule has 1 aromatic carbocycles. The van der Waals surface area contributed by atoms with Crippen molar-refractivity contribution < 1.29 is 14.0 Å². The molecule has 1 fully saturated rings. The van der Waals surface area contributed by atoms with E-state index in [0.717, 1.165) is 5.69 Å². The van der Waals surface area contributed by atoms with Crippen LogP contribution in [-0.4, -0.2) is 57.6 Å². The van der Waals surface area contributed by atoms with Gasteiger partial charge in [0.15, 0.2) is 5.69 Å². The quantitative estimate of drug-likeness (QED) is 0.677. The fourth-order valence-corrected chi connectivity index (χ4v) is 3.36. The Morgan fingerprint density at radius 3 is 2.24 bits per heavy atom. The molecule has 3 aromatic rings. The van der Waals surface area contributed by atoms with Gasteiger partial charge in [0, 0.05) is 37.9 Å². The van der Waals surface area contributed by atoms with Crippen LogP contribution in [0.15, 0.2) is 64.2 Å². The van der Waals surface area contributed by atoms with Gasteiger partial charge in [0.1, 0.15) is 6.26 Å². The Labute approximate surface area is 167 Å². The maximum Gasteiger partial charge on any atom is 0.278 e. The minimum Gasteiger partial charge on any atom is -0.472 e. The van der Waals surface area contributed by atoms with E-state index in [2.05, 4.69) is 5.10 Å². The number of hydrogen-bond acceptors (Lipinski definition) is 5. The van der Waals surface area contributed by atoms with Crippen LogP contribution in [0.3, 0.4) is 0 Å². The molecule has 4 rings (SSSR count). The van der Waals surface area contributed by atoms with Crippen molar-refractivity contribution in [3.8, 4) is 5.69 Å². The first-order valence-corrected chi connectivity index (χ1v) is 9.32. The second-order valence-corrected chi connectivity index (χ2v) is 6.84. The summed E-state index contributed by atoms with van der Waals surface area (Å²) >= 11 is 0. The molecular formula is C21H20N4O4. The summed E-state index contributed by atoms with van der Waals surface area (Å²) in [6, 6.07) is 12.4. The summed E-state index contributed by atoms with van der Waals surface area (Å²) in [4.78, 5) is 41.0. The normalized spacial score (nSPS) is 14.1. The van der Waals surface area contributed by atoms with E-state index in [0.29, 0.717) is 37.4 Å². The standard InChI is InChI=1S/C21H20N4O4/c1-15-13-18(26)19(22-25(15)17-5-3-2-4-6-17)21(28)24-10-8-23(9-11-24)20(27)16-7-12-29-14-16/h2-7,12-14H,8-11H2,1H3. The molecule has 3 heterocycles. The third kappa shape index (κ3) is 3.69. The van der Waals surface area contributed by atoms with Crippen molar-refractivity contribution >= 4 is 11.8 Å². The van der Waals surface area contributed by atoms with Gasteiger partial charge in [-0.3, -0.25) is 14.4 Å². The molecule has 1 aliphatic rings. The van der Waals surface area contributed by atoms with Gasteiger partial charge in [-0.25, -0.2) is 4.68 Å². The van der Waals surface area contributed by atoms with Gasteiger partial charge in [0.05, 0.1) is 17.5 Å². The molecule has 1 aliphatic heterocycles. The zero-order valence-corrected chi connectivity index (χ0v) is 15.9. The van der Waals surface area contributed by atoms with Gasteiger partial charge < -0.3 is 14.2 Å². The van der Waals surface area contributed by atoms with Crippen molar-refractivity contribution in [3.05, 3.63) is 82.2 Å². The molecule has 0 spiro atoms. The molecule has 2 aromatic heterocycles. The number of aromatic nitrogens is 2. The zero-order chi connectivity index (χ0) is 20.4. The van der Waals surface area contributed by atoms with E-state index in [1.807, 2.05) is 30.3 Å². The van der Waals surface area contributed by atoms with Crippen LogP contribution in [0.4, 0.5) is 0 Å². The number of nitrogens with zero attached hydrogens (tertiary/aromatic N) is 4. The van der Waals surface area contributed by atoms with Crippen LogP contribution in [0, 0.1) is 6.92 Å². The highest BCUT2D eigenvalue weighted by molar-refractivity contribution is 5.95. The first-order chi connectivity index (χ1) is 14.0. The Hall–Kier alpha value is -3.68. The first-order valence-electron chi connectivity index (χ1n) is 9.32. The van der Waals surface area contributed by atoms with Crippen LogP contribution in [0.25, 0.3) is 5.69 Å². The summed E-state index contributed by atoms with van der Waals surface area (Å²) in [6.07, 6.45) is 2.86. The van der Waals surface area contributed by atoms with Crippen LogP contribution in [0.1, 0.15) is 26.5 Å². The molecule has 0 N–H and O–H groups in total. The van der Waals surface area contributed by atoms with Crippen molar-refractivity contribution in [2.45, 2.75) is 6.92 Å². The molecule has 29 heavy (non-hydrogen) atoms. The Morgan fingerprint density at radius 1 is 0.966 bits per heavy atom. The second-order valence-electron chi connectivity index (χ2n) is 6.84. The summed E-state index contributed by atoms with van der Waals surface area (Å²) < 4.78 is 6.55. The largest absolute Gasteiger partial charge is 0.472 e. The number of furan rings is 1. The molecule has 148 valence electrons. The predicted octanol–water partition coefficient (Wildman–Crippen LogP) is 1.73. The third-order valence-corrected chi connectivity index (χ3v) is 4.93. The van der Waals surface area contributed by atoms with Gasteiger partial charge in [-0.15, -0.1) is 0 Å². The maximum atomic E-state index is 13.0. The minimum atomic E-state index is -0.421. The van der Waals surface area contributed by atoms with Crippen LogP contribution in [0.5, 0.6) is 0 Å². The third-order valence-electron chi connectivity index (χ3n) is 4.93. The average Bonchev–Trinajstić information content (AvgIpc) is 3.28. The van der Waals surface area contributed by atoms with Crippen molar-refractivity contribution in [2.24, 2.45) is 0 Å². The molecule has 8 nitrogen and oxygen atoms in total. The molecule has 1 saturated heterocycles. The van der Waals surface area contributed by atoms with E-state index in [1.165, 1.54) is 18.6 Å². The summed E-state index contributed by atoms with van der Waals surface area (Å²) in [6.45, 7) is 3.21. The van der Waals surface area contributed by atoms with Gasteiger partial charge in [0.25, 0.3) is 11.8 Å². The van der Waals surface area contributed by atoms with Crippen LogP contribution >= 0.6 is 0 Å². The van der Waals surface area contributed by atoms with Gasteiger partial charge in [-0.2, -0.15) is 5.10 Å². The lowest BCUT2D eigenvalue weighted by Gasteiger charge is -2.34. The van der Waals surface area contributed by atoms with Crippen molar-refractivity contribution in [1.82, 2.24) is 19.6 Å². The minimum absolute atomic E-state index is 0.117. The fourth-order valence-electron chi connectivity index (χ4n) is 3.36. The monoisotopic (exact) mass is 392 g/mol. The van der Waals surface area contributed by atoms with E-state index in [-0.39, 0.29) is 11.6 Å². The van der Waals surface area contributed by atoms with Gasteiger partial charge in [-0.1, -0.05) is 18.2 Å². The number of piperazine rings is 1. The highest BCUT2D eigenvalue weighted by atomic mass is 16.3. The number of rotatable bonds is 3. The zero-order valence-electron chi connectivity index (χ0n) is 15.9. The van der Waals surface area contributed by atoms with Crippen LogP contribution < -0.4 is 5.43 Å². The molecule has 2 amide bonds. The molecule has 0 unspecified atom stereocenters. The van der Waals surface area contributed by atoms with E-state index in [4.69, 9.17) is 4.42 Å². The Morgan fingerprint density at radius 2 is 1.62 bits per heavy atom. The van der Waals surface area contributed by atoms with E-state index >= 15 is 0 Å². The highest BCUT2D eigenvalue weighted by Crippen LogP contribution is 2.12. The summed E-state index contributed by atoms with van der Waals surface area (Å²) in [5, 5.41) is 4.33. The number of benzene rings is 1. The number of aryl methyl sites for hydroxylation is 1. The van der Waals surface area contributed by atoms with E-state index in [9.17, 15) is 14.4 Å². The number of hydrogen-bond donors (Lipinski definition) is 0. The lowest BCUT2D eigenvalue weighted by atomic mass is 10.2. The predicted molar refractivity (Wildman–Crippen MR) is 105 cm³/mol. The summed E-state index contributed by atoms with van der Waals surface area (Å²) in [5.41, 5.74) is 1.38. The van der Waals surface area contributed by atoms with Crippen molar-refractivity contribution in [1.29, 1.82) is 0 Å². The van der Waals surface area contributed by atoms with Gasteiger partial charge in [0.2, 0.25) is 5.43 Å². The second kappa shape index (κ2) is 7.75. The SMILES string of the molecule is Cc1cc(=O)c(C(=O)N2CCN(C(=O)c3ccoc3)CC2)nn1-c1ccccc1. The van der Waals surface area contributed by atoms with Crippen molar-refractivity contribution in [2.75, 3.05) is 26.2 Å². The molecule has 0 atom stereocenters. The Balaban J connectivity index is 1.52. The molecule has 0 radical (unpaired) electrons. The van der Waals surface area contributed by atoms with Gasteiger partial charge >= 0.3 is 0 Å². The lowest BCUT2D eigenvalue weighted by Crippen LogP contribution is -2.51. The Bertz CT molecular complexity index is 1080. The molecule has 0 saturated carbocycles. The fraction of sp³-hybridized carbons (Fsp3) is 0.238. The summed E-state index contributed by atoms with van der Waals surface area (Å²) in [5.74, 6) is -0.555. The van der Waals surface area contributed by atoms with Crippen LogP contribution in [0.2, 0.25) is 0 Å². The number of amides is 2. The molecular weight excluding hydrogens is 372 g/mol. The topological polar surface area (TPSA) is 88.7 Å². The summed E-state index contributed by atoms with van der Waals surface area (Å²) in [7, 11) is 0. The molecule has 0 aliphatic carbocycles. The number of carbonyl (C=O) groups excluding carboxylic acids is 2. The smallest absolute Gasteiger partial charge is 0.278 e. The van der Waals surface area contributed by atoms with Crippen molar-refractivity contribution in [3.63, 3.8) is 0 Å². The average molecular weight is 392 g/mol. The Kier molecular flexibility index (Phi) is 4.99. The lowest BCUT2D eigenvalue weighted by molar-refractivity contribution is 0.0530. The first kappa shape index (κ1) is 18.7. The number of para-hydroxylation sites is 1. The van der Waals surface area contributed by atoms with Crippen LogP contribution in [-0.2, 0) is 0 Å². The molecule has 8 heteroatoms. The molecule has 0 bridgehead atoms. The maximum absolute atomic E-state index is 13.0. The van der Waals surface area contributed by atoms with E-state index in [1.54, 1.807) is 27.5 Å². The number of carbonyl (C=O) groups is 2.